The minimum absolute atomic E-state index is 0.124. The van der Waals surface area contributed by atoms with Crippen LogP contribution in [-0.4, -0.2) is 32.7 Å². The van der Waals surface area contributed by atoms with Crippen molar-refractivity contribution in [3.05, 3.63) is 33.8 Å². The monoisotopic (exact) mass is 340 g/mol. The Hall–Kier alpha value is -1.71. The Labute approximate surface area is 134 Å². The van der Waals surface area contributed by atoms with Crippen molar-refractivity contribution < 1.29 is 9.90 Å². The summed E-state index contributed by atoms with van der Waals surface area (Å²) in [5, 5.41) is 20.2. The van der Waals surface area contributed by atoms with Crippen molar-refractivity contribution in [1.29, 1.82) is 0 Å². The molecule has 9 heteroatoms. The van der Waals surface area contributed by atoms with Crippen molar-refractivity contribution in [3.8, 4) is 5.75 Å². The maximum atomic E-state index is 11.7. The summed E-state index contributed by atoms with van der Waals surface area (Å²) in [6.07, 6.45) is 0. The molecule has 2 rings (SSSR count). The van der Waals surface area contributed by atoms with E-state index in [1.165, 1.54) is 23.1 Å². The highest BCUT2D eigenvalue weighted by molar-refractivity contribution is 8.01. The van der Waals surface area contributed by atoms with Gasteiger partial charge in [-0.15, -0.1) is 0 Å². The SMILES string of the molecule is CC(=NNC(=O)CSc1n[nH]c(=S)s1)c1ccccc1O. The zero-order valence-corrected chi connectivity index (χ0v) is 13.4. The molecule has 1 heterocycles. The van der Waals surface area contributed by atoms with E-state index in [0.29, 0.717) is 19.6 Å². The van der Waals surface area contributed by atoms with E-state index in [0.717, 1.165) is 0 Å². The molecule has 21 heavy (non-hydrogen) atoms. The number of rotatable bonds is 5. The molecule has 1 amide bonds. The fraction of sp³-hybridized carbons (Fsp3) is 0.167. The first-order valence-electron chi connectivity index (χ1n) is 5.86. The zero-order chi connectivity index (χ0) is 15.2. The second kappa shape index (κ2) is 7.34. The lowest BCUT2D eigenvalue weighted by Crippen LogP contribution is -2.21. The van der Waals surface area contributed by atoms with Crippen LogP contribution < -0.4 is 5.43 Å². The lowest BCUT2D eigenvalue weighted by atomic mass is 10.1. The first-order chi connectivity index (χ1) is 10.1. The lowest BCUT2D eigenvalue weighted by molar-refractivity contribution is -0.118. The summed E-state index contributed by atoms with van der Waals surface area (Å²) in [6.45, 7) is 1.71. The van der Waals surface area contributed by atoms with E-state index in [2.05, 4.69) is 20.7 Å². The molecule has 0 spiro atoms. The van der Waals surface area contributed by atoms with Crippen LogP contribution in [0.4, 0.5) is 0 Å². The van der Waals surface area contributed by atoms with Crippen LogP contribution in [0.3, 0.4) is 0 Å². The summed E-state index contributed by atoms with van der Waals surface area (Å²) in [4.78, 5) is 11.7. The predicted octanol–water partition coefficient (Wildman–Crippen LogP) is 2.54. The third-order valence-electron chi connectivity index (χ3n) is 2.39. The van der Waals surface area contributed by atoms with Crippen molar-refractivity contribution in [2.45, 2.75) is 11.3 Å². The number of aromatic amines is 1. The van der Waals surface area contributed by atoms with Gasteiger partial charge in [-0.1, -0.05) is 35.2 Å². The van der Waals surface area contributed by atoms with Gasteiger partial charge in [-0.05, 0) is 31.3 Å². The molecule has 0 saturated carbocycles. The van der Waals surface area contributed by atoms with Gasteiger partial charge in [0.05, 0.1) is 11.5 Å². The summed E-state index contributed by atoms with van der Waals surface area (Å²) in [5.74, 6) is 0.0581. The molecule has 0 radical (unpaired) electrons. The molecule has 0 bridgehead atoms. The maximum absolute atomic E-state index is 11.7. The van der Waals surface area contributed by atoms with Gasteiger partial charge in [-0.2, -0.15) is 10.2 Å². The number of phenols is 1. The van der Waals surface area contributed by atoms with Gasteiger partial charge < -0.3 is 5.11 Å². The molecule has 0 aliphatic heterocycles. The molecule has 0 unspecified atom stereocenters. The molecule has 0 aliphatic rings. The smallest absolute Gasteiger partial charge is 0.250 e. The number of hydrogen-bond acceptors (Lipinski definition) is 7. The molecule has 0 fully saturated rings. The second-order valence-corrected chi connectivity index (χ2v) is 6.81. The molecular weight excluding hydrogens is 328 g/mol. The number of carbonyl (C=O) groups is 1. The van der Waals surface area contributed by atoms with E-state index in [1.807, 2.05) is 0 Å². The lowest BCUT2D eigenvalue weighted by Gasteiger charge is -2.04. The van der Waals surface area contributed by atoms with Gasteiger partial charge in [-0.25, -0.2) is 5.43 Å². The van der Waals surface area contributed by atoms with Crippen LogP contribution in [0.15, 0.2) is 33.7 Å². The van der Waals surface area contributed by atoms with E-state index in [4.69, 9.17) is 12.2 Å². The number of para-hydroxylation sites is 1. The van der Waals surface area contributed by atoms with Gasteiger partial charge in [0.2, 0.25) is 0 Å². The number of H-pyrrole nitrogens is 1. The molecule has 0 aliphatic carbocycles. The number of benzene rings is 1. The highest BCUT2D eigenvalue weighted by atomic mass is 32.2. The van der Waals surface area contributed by atoms with Crippen LogP contribution >= 0.6 is 35.3 Å². The normalized spacial score (nSPS) is 11.4. The van der Waals surface area contributed by atoms with Gasteiger partial charge in [0.25, 0.3) is 5.91 Å². The highest BCUT2D eigenvalue weighted by Gasteiger charge is 2.06. The molecular formula is C12H12N4O2S3. The molecule has 3 N–H and O–H groups in total. The number of amides is 1. The minimum atomic E-state index is -0.254. The average molecular weight is 340 g/mol. The van der Waals surface area contributed by atoms with Crippen molar-refractivity contribution in [2.75, 3.05) is 5.75 Å². The van der Waals surface area contributed by atoms with Crippen LogP contribution in [-0.2, 0) is 4.79 Å². The second-order valence-electron chi connectivity index (χ2n) is 3.92. The van der Waals surface area contributed by atoms with E-state index >= 15 is 0 Å². The Bertz CT molecular complexity index is 723. The van der Waals surface area contributed by atoms with E-state index in [1.54, 1.807) is 31.2 Å². The first kappa shape index (κ1) is 15.7. The van der Waals surface area contributed by atoms with E-state index in [9.17, 15) is 9.90 Å². The van der Waals surface area contributed by atoms with Crippen molar-refractivity contribution in [2.24, 2.45) is 5.10 Å². The Kier molecular flexibility index (Phi) is 5.48. The minimum Gasteiger partial charge on any atom is -0.507 e. The van der Waals surface area contributed by atoms with Gasteiger partial charge in [0, 0.05) is 5.56 Å². The number of carbonyl (C=O) groups excluding carboxylic acids is 1. The van der Waals surface area contributed by atoms with Crippen molar-refractivity contribution >= 4 is 46.9 Å². The number of aromatic nitrogens is 2. The standard InChI is InChI=1S/C12H12N4O2S3/c1-7(8-4-2-3-5-9(8)17)13-14-10(18)6-20-12-16-15-11(19)21-12/h2-5,17H,6H2,1H3,(H,14,18)(H,15,19). The molecule has 0 saturated heterocycles. The maximum Gasteiger partial charge on any atom is 0.250 e. The van der Waals surface area contributed by atoms with Crippen LogP contribution in [0.5, 0.6) is 5.75 Å². The average Bonchev–Trinajstić information content (AvgIpc) is 2.89. The molecule has 1 aromatic heterocycles. The Balaban J connectivity index is 1.89. The Morgan fingerprint density at radius 2 is 2.33 bits per heavy atom. The third-order valence-corrected chi connectivity index (χ3v) is 4.62. The molecule has 0 atom stereocenters. The van der Waals surface area contributed by atoms with Gasteiger partial charge in [-0.3, -0.25) is 9.89 Å². The molecule has 2 aromatic rings. The molecule has 110 valence electrons. The predicted molar refractivity (Wildman–Crippen MR) is 86.5 cm³/mol. The first-order valence-corrected chi connectivity index (χ1v) is 8.07. The summed E-state index contributed by atoms with van der Waals surface area (Å²) < 4.78 is 1.28. The highest BCUT2D eigenvalue weighted by Crippen LogP contribution is 2.19. The topological polar surface area (TPSA) is 90.4 Å². The summed E-state index contributed by atoms with van der Waals surface area (Å²) in [5.41, 5.74) is 3.55. The summed E-state index contributed by atoms with van der Waals surface area (Å²) >= 11 is 7.50. The van der Waals surface area contributed by atoms with Crippen molar-refractivity contribution in [1.82, 2.24) is 15.6 Å². The van der Waals surface area contributed by atoms with E-state index < -0.39 is 0 Å². The quantitative estimate of drug-likeness (QED) is 0.337. The van der Waals surface area contributed by atoms with E-state index in [-0.39, 0.29) is 17.4 Å². The summed E-state index contributed by atoms with van der Waals surface area (Å²) in [6, 6.07) is 6.81. The van der Waals surface area contributed by atoms with Crippen LogP contribution in [0.1, 0.15) is 12.5 Å². The number of nitrogens with zero attached hydrogens (tertiary/aromatic N) is 2. The summed E-state index contributed by atoms with van der Waals surface area (Å²) in [7, 11) is 0. The number of phenolic OH excluding ortho intramolecular Hbond substituents is 1. The molecule has 6 nitrogen and oxygen atoms in total. The Morgan fingerprint density at radius 3 is 3.00 bits per heavy atom. The van der Waals surface area contributed by atoms with Crippen molar-refractivity contribution in [3.63, 3.8) is 0 Å². The number of aromatic hydroxyl groups is 1. The number of hydrogen-bond donors (Lipinski definition) is 3. The Morgan fingerprint density at radius 1 is 1.57 bits per heavy atom. The largest absolute Gasteiger partial charge is 0.507 e. The third kappa shape index (κ3) is 4.66. The number of thioether (sulfide) groups is 1. The zero-order valence-electron chi connectivity index (χ0n) is 11.0. The fourth-order valence-corrected chi connectivity index (χ4v) is 3.30. The van der Waals surface area contributed by atoms with Gasteiger partial charge >= 0.3 is 0 Å². The molecule has 1 aromatic carbocycles. The van der Waals surface area contributed by atoms with Crippen LogP contribution in [0.2, 0.25) is 0 Å². The fourth-order valence-electron chi connectivity index (χ4n) is 1.42. The van der Waals surface area contributed by atoms with Crippen LogP contribution in [0.25, 0.3) is 0 Å². The number of nitrogens with one attached hydrogen (secondary N) is 2. The van der Waals surface area contributed by atoms with Gasteiger partial charge in [0.1, 0.15) is 5.75 Å². The van der Waals surface area contributed by atoms with Crippen LogP contribution in [0, 0.1) is 3.95 Å². The van der Waals surface area contributed by atoms with Gasteiger partial charge in [0.15, 0.2) is 8.29 Å². The number of hydrazone groups is 1.